The largest absolute Gasteiger partial charge is 0.326 e. The lowest BCUT2D eigenvalue weighted by molar-refractivity contribution is 0.0977. The molecule has 1 heterocycles. The van der Waals surface area contributed by atoms with Crippen molar-refractivity contribution in [1.29, 1.82) is 0 Å². The van der Waals surface area contributed by atoms with Crippen molar-refractivity contribution in [2.24, 2.45) is 4.99 Å². The van der Waals surface area contributed by atoms with Crippen molar-refractivity contribution in [3.05, 3.63) is 82.4 Å². The molecule has 0 spiro atoms. The second-order valence-electron chi connectivity index (χ2n) is 7.57. The number of aliphatic imine (C=N–C) groups is 1. The molecule has 0 unspecified atom stereocenters. The molecule has 1 amide bonds. The van der Waals surface area contributed by atoms with E-state index in [1.54, 1.807) is 0 Å². The fourth-order valence-corrected chi connectivity index (χ4v) is 3.11. The molecule has 0 radical (unpaired) electrons. The predicted octanol–water partition coefficient (Wildman–Crippen LogP) is 4.76. The third-order valence-electron chi connectivity index (χ3n) is 4.89. The number of hydrogen-bond donors (Lipinski definition) is 2. The number of nitrogens with one attached hydrogen (secondary N) is 2. The maximum atomic E-state index is 13.2. The van der Waals surface area contributed by atoms with E-state index in [-0.39, 0.29) is 5.91 Å². The van der Waals surface area contributed by atoms with E-state index in [2.05, 4.69) is 27.6 Å². The highest BCUT2D eigenvalue weighted by molar-refractivity contribution is 6.10. The van der Waals surface area contributed by atoms with E-state index in [9.17, 15) is 9.18 Å². The van der Waals surface area contributed by atoms with E-state index in [1.807, 2.05) is 49.8 Å². The summed E-state index contributed by atoms with van der Waals surface area (Å²) in [6.45, 7) is 9.26. The van der Waals surface area contributed by atoms with Crippen molar-refractivity contribution >= 4 is 17.6 Å². The Morgan fingerprint density at radius 2 is 1.87 bits per heavy atom. The Kier molecular flexibility index (Phi) is 7.18. The van der Waals surface area contributed by atoms with Crippen LogP contribution in [0.3, 0.4) is 0 Å². The molecule has 31 heavy (non-hydrogen) atoms. The van der Waals surface area contributed by atoms with Gasteiger partial charge < -0.3 is 5.32 Å². The van der Waals surface area contributed by atoms with Gasteiger partial charge in [0.05, 0.1) is 12.2 Å². The van der Waals surface area contributed by atoms with Crippen LogP contribution in [-0.4, -0.2) is 21.6 Å². The number of carbonyl (C=O) groups excluding carboxylic acids is 1. The molecule has 0 fully saturated rings. The first-order chi connectivity index (χ1) is 14.9. The number of benzene rings is 2. The topological polar surface area (TPSA) is 71.3 Å². The summed E-state index contributed by atoms with van der Waals surface area (Å²) in [5, 5.41) is 10.6. The quantitative estimate of drug-likeness (QED) is 0.445. The van der Waals surface area contributed by atoms with Crippen LogP contribution in [0.15, 0.2) is 53.7 Å². The minimum Gasteiger partial charge on any atom is -0.326 e. The summed E-state index contributed by atoms with van der Waals surface area (Å²) >= 11 is 0. The highest BCUT2D eigenvalue weighted by Crippen LogP contribution is 2.17. The number of guanidine groups is 1. The molecule has 2 aromatic carbocycles. The molecular formula is C24H28FN5O. The van der Waals surface area contributed by atoms with Crippen molar-refractivity contribution in [2.45, 2.75) is 47.2 Å². The van der Waals surface area contributed by atoms with Gasteiger partial charge in [-0.3, -0.25) is 14.8 Å². The highest BCUT2D eigenvalue weighted by Gasteiger charge is 2.12. The van der Waals surface area contributed by atoms with Crippen LogP contribution in [0.4, 0.5) is 10.1 Å². The number of halogens is 1. The van der Waals surface area contributed by atoms with Crippen molar-refractivity contribution in [1.82, 2.24) is 15.1 Å². The van der Waals surface area contributed by atoms with E-state index in [0.717, 1.165) is 41.0 Å². The van der Waals surface area contributed by atoms with Gasteiger partial charge in [0.25, 0.3) is 5.91 Å². The molecular weight excluding hydrogens is 393 g/mol. The second kappa shape index (κ2) is 10.0. The summed E-state index contributed by atoms with van der Waals surface area (Å²) in [4.78, 5) is 17.3. The highest BCUT2D eigenvalue weighted by atomic mass is 19.1. The van der Waals surface area contributed by atoms with Gasteiger partial charge in [-0.05, 0) is 68.7 Å². The number of anilines is 1. The zero-order chi connectivity index (χ0) is 22.4. The standard InChI is InChI=1S/C24H28FN5O/c1-5-12-30-15-20(18(4)29-30)14-26-24(27-22-13-16(2)6-7-17(22)3)28-23(31)19-8-10-21(25)11-9-19/h6-11,13,15H,5,12,14H2,1-4H3,(H2,26,27,28,31). The molecule has 0 aliphatic carbocycles. The van der Waals surface area contributed by atoms with Crippen LogP contribution in [0.25, 0.3) is 0 Å². The number of aromatic nitrogens is 2. The first kappa shape index (κ1) is 22.2. The molecule has 2 N–H and O–H groups in total. The van der Waals surface area contributed by atoms with Gasteiger partial charge in [0.2, 0.25) is 5.96 Å². The van der Waals surface area contributed by atoms with Crippen LogP contribution in [0.2, 0.25) is 0 Å². The Morgan fingerprint density at radius 1 is 1.13 bits per heavy atom. The lowest BCUT2D eigenvalue weighted by Crippen LogP contribution is -2.36. The molecule has 1 aromatic heterocycles. The molecule has 0 aliphatic rings. The molecule has 0 bridgehead atoms. The molecule has 0 saturated heterocycles. The summed E-state index contributed by atoms with van der Waals surface area (Å²) in [5.41, 5.74) is 5.23. The molecule has 0 atom stereocenters. The van der Waals surface area contributed by atoms with Crippen LogP contribution in [0.1, 0.15) is 46.1 Å². The zero-order valence-electron chi connectivity index (χ0n) is 18.4. The molecule has 162 valence electrons. The van der Waals surface area contributed by atoms with Gasteiger partial charge in [-0.2, -0.15) is 5.10 Å². The Labute approximate surface area is 182 Å². The zero-order valence-corrected chi connectivity index (χ0v) is 18.4. The third kappa shape index (κ3) is 6.01. The number of nitrogens with zero attached hydrogens (tertiary/aromatic N) is 3. The lowest BCUT2D eigenvalue weighted by atomic mass is 10.1. The lowest BCUT2D eigenvalue weighted by Gasteiger charge is -2.14. The normalized spacial score (nSPS) is 11.5. The number of aryl methyl sites for hydroxylation is 4. The Morgan fingerprint density at radius 3 is 2.58 bits per heavy atom. The van der Waals surface area contributed by atoms with Crippen LogP contribution >= 0.6 is 0 Å². The van der Waals surface area contributed by atoms with Crippen molar-refractivity contribution in [2.75, 3.05) is 5.32 Å². The molecule has 0 aliphatic heterocycles. The van der Waals surface area contributed by atoms with Gasteiger partial charge in [-0.15, -0.1) is 0 Å². The number of hydrogen-bond acceptors (Lipinski definition) is 3. The molecule has 7 heteroatoms. The van der Waals surface area contributed by atoms with Crippen molar-refractivity contribution in [3.63, 3.8) is 0 Å². The van der Waals surface area contributed by atoms with E-state index in [1.165, 1.54) is 24.3 Å². The number of rotatable bonds is 6. The number of carbonyl (C=O) groups is 1. The van der Waals surface area contributed by atoms with Crippen LogP contribution in [-0.2, 0) is 13.1 Å². The average Bonchev–Trinajstić information content (AvgIpc) is 3.08. The smallest absolute Gasteiger partial charge is 0.257 e. The minimum atomic E-state index is -0.390. The van der Waals surface area contributed by atoms with E-state index >= 15 is 0 Å². The second-order valence-corrected chi connectivity index (χ2v) is 7.57. The Balaban J connectivity index is 1.85. The van der Waals surface area contributed by atoms with Gasteiger partial charge in [0.1, 0.15) is 5.82 Å². The van der Waals surface area contributed by atoms with E-state index in [0.29, 0.717) is 18.1 Å². The van der Waals surface area contributed by atoms with Crippen LogP contribution in [0.5, 0.6) is 0 Å². The molecule has 3 rings (SSSR count). The summed E-state index contributed by atoms with van der Waals surface area (Å²) in [7, 11) is 0. The van der Waals surface area contributed by atoms with E-state index in [4.69, 9.17) is 0 Å². The Hall–Kier alpha value is -3.48. The molecule has 0 saturated carbocycles. The molecule has 3 aromatic rings. The summed E-state index contributed by atoms with van der Waals surface area (Å²) in [6.07, 6.45) is 2.98. The Bertz CT molecular complexity index is 1090. The van der Waals surface area contributed by atoms with Crippen LogP contribution in [0, 0.1) is 26.6 Å². The van der Waals surface area contributed by atoms with Crippen molar-refractivity contribution < 1.29 is 9.18 Å². The monoisotopic (exact) mass is 421 g/mol. The van der Waals surface area contributed by atoms with Gasteiger partial charge in [0, 0.05) is 29.6 Å². The maximum absolute atomic E-state index is 13.2. The van der Waals surface area contributed by atoms with Gasteiger partial charge in [0.15, 0.2) is 0 Å². The predicted molar refractivity (Wildman–Crippen MR) is 122 cm³/mol. The third-order valence-corrected chi connectivity index (χ3v) is 4.89. The first-order valence-electron chi connectivity index (χ1n) is 10.3. The summed E-state index contributed by atoms with van der Waals surface area (Å²) in [5.74, 6) is -0.431. The van der Waals surface area contributed by atoms with Crippen LogP contribution < -0.4 is 10.6 Å². The SMILES string of the molecule is CCCn1cc(CN=C(NC(=O)c2ccc(F)cc2)Nc2cc(C)ccc2C)c(C)n1. The maximum Gasteiger partial charge on any atom is 0.257 e. The van der Waals surface area contributed by atoms with E-state index < -0.39 is 5.82 Å². The fourth-order valence-electron chi connectivity index (χ4n) is 3.11. The van der Waals surface area contributed by atoms with Gasteiger partial charge >= 0.3 is 0 Å². The van der Waals surface area contributed by atoms with Gasteiger partial charge in [-0.1, -0.05) is 19.1 Å². The first-order valence-corrected chi connectivity index (χ1v) is 10.3. The number of amides is 1. The van der Waals surface area contributed by atoms with Crippen molar-refractivity contribution in [3.8, 4) is 0 Å². The summed E-state index contributed by atoms with van der Waals surface area (Å²) < 4.78 is 15.1. The fraction of sp³-hybridized carbons (Fsp3) is 0.292. The van der Waals surface area contributed by atoms with Gasteiger partial charge in [-0.25, -0.2) is 9.38 Å². The minimum absolute atomic E-state index is 0.325. The molecule has 6 nitrogen and oxygen atoms in total. The average molecular weight is 422 g/mol. The summed E-state index contributed by atoms with van der Waals surface area (Å²) in [6, 6.07) is 11.4.